The van der Waals surface area contributed by atoms with Gasteiger partial charge >= 0.3 is 5.97 Å². The van der Waals surface area contributed by atoms with Crippen LogP contribution in [0.2, 0.25) is 0 Å². The summed E-state index contributed by atoms with van der Waals surface area (Å²) in [7, 11) is 1.62. The molecule has 1 unspecified atom stereocenters. The maximum atomic E-state index is 13.2. The van der Waals surface area contributed by atoms with Gasteiger partial charge < -0.3 is 14.4 Å². The van der Waals surface area contributed by atoms with Gasteiger partial charge in [-0.25, -0.2) is 9.18 Å². The molecular formula is C19H20FNO3. The van der Waals surface area contributed by atoms with Gasteiger partial charge in [0.1, 0.15) is 11.6 Å². The van der Waals surface area contributed by atoms with Gasteiger partial charge in [0, 0.05) is 12.2 Å². The van der Waals surface area contributed by atoms with Crippen LogP contribution in [0.1, 0.15) is 24.1 Å². The van der Waals surface area contributed by atoms with Crippen molar-refractivity contribution in [3.8, 4) is 5.75 Å². The van der Waals surface area contributed by atoms with Crippen molar-refractivity contribution in [3.05, 3.63) is 59.4 Å². The summed E-state index contributed by atoms with van der Waals surface area (Å²) in [5.74, 6) is 0.174. The van der Waals surface area contributed by atoms with Gasteiger partial charge in [-0.2, -0.15) is 0 Å². The summed E-state index contributed by atoms with van der Waals surface area (Å²) < 4.78 is 23.8. The molecule has 1 aliphatic rings. The van der Waals surface area contributed by atoms with Crippen LogP contribution in [0, 0.1) is 5.82 Å². The second kappa shape index (κ2) is 6.91. The summed E-state index contributed by atoms with van der Waals surface area (Å²) in [6.07, 6.45) is 0.778. The lowest BCUT2D eigenvalue weighted by atomic mass is 9.91. The third kappa shape index (κ3) is 3.07. The Kier molecular flexibility index (Phi) is 4.69. The number of hydrogen-bond donors (Lipinski definition) is 0. The van der Waals surface area contributed by atoms with E-state index in [-0.39, 0.29) is 11.8 Å². The van der Waals surface area contributed by atoms with Crippen molar-refractivity contribution in [2.24, 2.45) is 0 Å². The molecule has 0 radical (unpaired) electrons. The van der Waals surface area contributed by atoms with Crippen LogP contribution in [0.25, 0.3) is 0 Å². The fourth-order valence-corrected chi connectivity index (χ4v) is 3.12. The summed E-state index contributed by atoms with van der Waals surface area (Å²) in [6.45, 7) is 2.76. The van der Waals surface area contributed by atoms with Crippen molar-refractivity contribution in [3.63, 3.8) is 0 Å². The number of hydrogen-bond acceptors (Lipinski definition) is 4. The monoisotopic (exact) mass is 329 g/mol. The molecule has 0 saturated carbocycles. The van der Waals surface area contributed by atoms with Crippen LogP contribution in [-0.4, -0.2) is 26.2 Å². The first kappa shape index (κ1) is 16.3. The van der Waals surface area contributed by atoms with Crippen molar-refractivity contribution in [2.45, 2.75) is 19.4 Å². The van der Waals surface area contributed by atoms with Crippen LogP contribution < -0.4 is 9.64 Å². The number of anilines is 1. The van der Waals surface area contributed by atoms with Crippen molar-refractivity contribution in [2.75, 3.05) is 25.2 Å². The van der Waals surface area contributed by atoms with E-state index < -0.39 is 6.04 Å². The minimum Gasteiger partial charge on any atom is -0.497 e. The fourth-order valence-electron chi connectivity index (χ4n) is 3.12. The van der Waals surface area contributed by atoms with E-state index in [1.165, 1.54) is 12.1 Å². The van der Waals surface area contributed by atoms with Crippen LogP contribution in [0.5, 0.6) is 5.75 Å². The second-order valence-electron chi connectivity index (χ2n) is 5.64. The van der Waals surface area contributed by atoms with Crippen LogP contribution >= 0.6 is 0 Å². The van der Waals surface area contributed by atoms with Crippen molar-refractivity contribution in [1.82, 2.24) is 0 Å². The number of rotatable bonds is 4. The molecule has 1 atom stereocenters. The SMILES string of the molecule is CCOC(=O)C1c2ccc(OC)cc2CCN1c1ccc(F)cc1. The summed E-state index contributed by atoms with van der Waals surface area (Å²) in [5.41, 5.74) is 2.78. The van der Waals surface area contributed by atoms with Crippen LogP contribution in [0.4, 0.5) is 10.1 Å². The molecule has 0 saturated heterocycles. The van der Waals surface area contributed by atoms with Gasteiger partial charge in [0.2, 0.25) is 0 Å². The van der Waals surface area contributed by atoms with Crippen molar-refractivity contribution in [1.29, 1.82) is 0 Å². The Labute approximate surface area is 140 Å². The van der Waals surface area contributed by atoms with E-state index in [4.69, 9.17) is 9.47 Å². The molecule has 0 N–H and O–H groups in total. The third-order valence-electron chi connectivity index (χ3n) is 4.25. The predicted octanol–water partition coefficient (Wildman–Crippen LogP) is 3.50. The van der Waals surface area contributed by atoms with E-state index in [0.717, 1.165) is 29.0 Å². The second-order valence-corrected chi connectivity index (χ2v) is 5.64. The molecule has 1 heterocycles. The highest BCUT2D eigenvalue weighted by molar-refractivity contribution is 5.83. The molecule has 5 heteroatoms. The summed E-state index contributed by atoms with van der Waals surface area (Å²) >= 11 is 0. The molecule has 0 fully saturated rings. The maximum Gasteiger partial charge on any atom is 0.333 e. The number of halogens is 1. The molecule has 0 spiro atoms. The lowest BCUT2D eigenvalue weighted by Crippen LogP contribution is -2.40. The highest BCUT2D eigenvalue weighted by atomic mass is 19.1. The largest absolute Gasteiger partial charge is 0.497 e. The standard InChI is InChI=1S/C19H20FNO3/c1-3-24-19(22)18-17-9-8-16(23-2)12-13(17)10-11-21(18)15-6-4-14(20)5-7-15/h4-9,12,18H,3,10-11H2,1-2H3. The average molecular weight is 329 g/mol. The maximum absolute atomic E-state index is 13.2. The Bertz CT molecular complexity index is 730. The highest BCUT2D eigenvalue weighted by Crippen LogP contribution is 2.36. The lowest BCUT2D eigenvalue weighted by Gasteiger charge is -2.37. The van der Waals surface area contributed by atoms with Gasteiger partial charge in [0.05, 0.1) is 13.7 Å². The highest BCUT2D eigenvalue weighted by Gasteiger charge is 2.34. The van der Waals surface area contributed by atoms with Gasteiger partial charge in [0.15, 0.2) is 6.04 Å². The van der Waals surface area contributed by atoms with Crippen molar-refractivity contribution >= 4 is 11.7 Å². The van der Waals surface area contributed by atoms with E-state index in [2.05, 4.69) is 0 Å². The minimum atomic E-state index is -0.537. The zero-order valence-electron chi connectivity index (χ0n) is 13.8. The molecule has 0 bridgehead atoms. The number of nitrogens with zero attached hydrogens (tertiary/aromatic N) is 1. The smallest absolute Gasteiger partial charge is 0.333 e. The van der Waals surface area contributed by atoms with E-state index >= 15 is 0 Å². The molecule has 0 aliphatic carbocycles. The molecule has 2 aromatic carbocycles. The molecule has 0 amide bonds. The Morgan fingerprint density at radius 1 is 1.25 bits per heavy atom. The van der Waals surface area contributed by atoms with Crippen LogP contribution in [0.15, 0.2) is 42.5 Å². The molecular weight excluding hydrogens is 309 g/mol. The number of esters is 1. The zero-order chi connectivity index (χ0) is 17.1. The first-order valence-electron chi connectivity index (χ1n) is 7.99. The van der Waals surface area contributed by atoms with E-state index in [0.29, 0.717) is 13.2 Å². The molecule has 3 rings (SSSR count). The number of carbonyl (C=O) groups is 1. The van der Waals surface area contributed by atoms with Crippen molar-refractivity contribution < 1.29 is 18.7 Å². The summed E-state index contributed by atoms with van der Waals surface area (Å²) in [5, 5.41) is 0. The average Bonchev–Trinajstić information content (AvgIpc) is 2.61. The first-order valence-corrected chi connectivity index (χ1v) is 7.99. The molecule has 2 aromatic rings. The Hall–Kier alpha value is -2.56. The van der Waals surface area contributed by atoms with Gasteiger partial charge in [0.25, 0.3) is 0 Å². The quantitative estimate of drug-likeness (QED) is 0.805. The molecule has 24 heavy (non-hydrogen) atoms. The normalized spacial score (nSPS) is 16.5. The molecule has 1 aliphatic heterocycles. The Morgan fingerprint density at radius 3 is 2.67 bits per heavy atom. The topological polar surface area (TPSA) is 38.8 Å². The molecule has 0 aromatic heterocycles. The van der Waals surface area contributed by atoms with Gasteiger partial charge in [-0.3, -0.25) is 0 Å². The molecule has 126 valence electrons. The Balaban J connectivity index is 2.03. The van der Waals surface area contributed by atoms with E-state index in [9.17, 15) is 9.18 Å². The minimum absolute atomic E-state index is 0.298. The van der Waals surface area contributed by atoms with Gasteiger partial charge in [-0.1, -0.05) is 6.07 Å². The number of benzene rings is 2. The number of carbonyl (C=O) groups excluding carboxylic acids is 1. The predicted molar refractivity (Wildman–Crippen MR) is 89.8 cm³/mol. The molecule has 4 nitrogen and oxygen atoms in total. The van der Waals surface area contributed by atoms with Gasteiger partial charge in [-0.15, -0.1) is 0 Å². The first-order chi connectivity index (χ1) is 11.6. The fraction of sp³-hybridized carbons (Fsp3) is 0.316. The lowest BCUT2D eigenvalue weighted by molar-refractivity contribution is -0.145. The zero-order valence-corrected chi connectivity index (χ0v) is 13.8. The summed E-state index contributed by atoms with van der Waals surface area (Å²) in [6, 6.07) is 11.4. The van der Waals surface area contributed by atoms with E-state index in [1.54, 1.807) is 26.2 Å². The van der Waals surface area contributed by atoms with Crippen LogP contribution in [-0.2, 0) is 16.0 Å². The number of ether oxygens (including phenoxy) is 2. The third-order valence-corrected chi connectivity index (χ3v) is 4.25. The van der Waals surface area contributed by atoms with E-state index in [1.807, 2.05) is 23.1 Å². The van der Waals surface area contributed by atoms with Crippen LogP contribution in [0.3, 0.4) is 0 Å². The summed E-state index contributed by atoms with van der Waals surface area (Å²) in [4.78, 5) is 14.6. The van der Waals surface area contributed by atoms with Gasteiger partial charge in [-0.05, 0) is 60.9 Å². The number of methoxy groups -OCH3 is 1. The number of fused-ring (bicyclic) bond motifs is 1. The Morgan fingerprint density at radius 2 is 2.00 bits per heavy atom.